The first-order valence-electron chi connectivity index (χ1n) is 14.4. The van der Waals surface area contributed by atoms with E-state index in [0.717, 1.165) is 61.9 Å². The minimum absolute atomic E-state index is 0.0151. The van der Waals surface area contributed by atoms with Crippen LogP contribution in [0.25, 0.3) is 28.1 Å². The number of anilines is 1. The Morgan fingerprint density at radius 2 is 1.90 bits per heavy atom. The zero-order chi connectivity index (χ0) is 29.3. The molecule has 2 saturated carbocycles. The number of alkyl halides is 2. The predicted molar refractivity (Wildman–Crippen MR) is 155 cm³/mol. The Kier molecular flexibility index (Phi) is 6.50. The van der Waals surface area contributed by atoms with Gasteiger partial charge < -0.3 is 19.6 Å². The van der Waals surface area contributed by atoms with Gasteiger partial charge in [0.25, 0.3) is 5.91 Å². The second kappa shape index (κ2) is 10.0. The van der Waals surface area contributed by atoms with E-state index >= 15 is 0 Å². The number of amides is 1. The van der Waals surface area contributed by atoms with Crippen LogP contribution in [0.2, 0.25) is 0 Å². The molecule has 1 atom stereocenters. The highest BCUT2D eigenvalue weighted by molar-refractivity contribution is 7.92. The molecule has 10 nitrogen and oxygen atoms in total. The van der Waals surface area contributed by atoms with Gasteiger partial charge in [0.1, 0.15) is 22.8 Å². The van der Waals surface area contributed by atoms with Crippen molar-refractivity contribution in [1.82, 2.24) is 23.8 Å². The normalized spacial score (nSPS) is 19.7. The van der Waals surface area contributed by atoms with E-state index in [4.69, 9.17) is 10.7 Å². The summed E-state index contributed by atoms with van der Waals surface area (Å²) in [5.41, 5.74) is 10.4. The highest BCUT2D eigenvalue weighted by Crippen LogP contribution is 2.46. The molecule has 2 aliphatic carbocycles. The van der Waals surface area contributed by atoms with Gasteiger partial charge in [-0.15, -0.1) is 0 Å². The summed E-state index contributed by atoms with van der Waals surface area (Å²) in [7, 11) is -4.25. The summed E-state index contributed by atoms with van der Waals surface area (Å²) >= 11 is 0. The molecule has 0 radical (unpaired) electrons. The van der Waals surface area contributed by atoms with Crippen LogP contribution in [0.1, 0.15) is 60.5 Å². The molecule has 222 valence electrons. The fourth-order valence-electron chi connectivity index (χ4n) is 6.10. The number of nitrogens with two attached hydrogens (primary N) is 1. The lowest BCUT2D eigenvalue weighted by molar-refractivity contribution is 0.0708. The molecule has 0 spiro atoms. The molecule has 3 aliphatic rings. The zero-order valence-electron chi connectivity index (χ0n) is 23.3. The molecular weight excluding hydrogens is 564 g/mol. The van der Waals surface area contributed by atoms with E-state index < -0.39 is 16.6 Å². The van der Waals surface area contributed by atoms with Crippen molar-refractivity contribution < 1.29 is 22.0 Å². The van der Waals surface area contributed by atoms with Crippen molar-refractivity contribution in [2.45, 2.75) is 63.6 Å². The van der Waals surface area contributed by atoms with Crippen molar-refractivity contribution >= 4 is 38.4 Å². The number of nitrogens with zero attached hydrogens (tertiary/aromatic N) is 6. The third-order valence-electron chi connectivity index (χ3n) is 8.49. The average molecular weight is 598 g/mol. The Hall–Kier alpha value is -3.58. The van der Waals surface area contributed by atoms with E-state index in [2.05, 4.69) is 4.98 Å². The number of rotatable bonds is 8. The Morgan fingerprint density at radius 1 is 1.12 bits per heavy atom. The van der Waals surface area contributed by atoms with E-state index in [9.17, 15) is 22.0 Å². The standard InChI is InChI=1S/C29H33F2N7O3S/c1-42(40,41)38(29(30)31)23-9-8-19-13-22(37(27(19)34-23)15-17-4-5-17)25-26(18-6-7-18)36-12-10-20(14-24(36)33-25)28(39)35-11-2-3-21(32)16-35/h8-10,12-14,17-18,21,29H,2-7,11,15-16,32H2,1H3/t21-/m1/s1. The van der Waals surface area contributed by atoms with Gasteiger partial charge in [0.15, 0.2) is 0 Å². The number of carbonyl (C=O) groups is 1. The van der Waals surface area contributed by atoms with Crippen molar-refractivity contribution in [3.63, 3.8) is 0 Å². The number of piperidine rings is 1. The SMILES string of the molecule is CS(=O)(=O)N(c1ccc2cc(-c3nc4cc(C(=O)N5CCC[C@@H](N)C5)ccn4c3C3CC3)n(CC3CC3)c2n1)C(F)F. The predicted octanol–water partition coefficient (Wildman–Crippen LogP) is 4.19. The number of halogens is 2. The molecule has 1 amide bonds. The summed E-state index contributed by atoms with van der Waals surface area (Å²) in [4.78, 5) is 24.6. The van der Waals surface area contributed by atoms with E-state index in [0.29, 0.717) is 53.7 Å². The Morgan fingerprint density at radius 3 is 2.57 bits per heavy atom. The van der Waals surface area contributed by atoms with Crippen LogP contribution in [-0.2, 0) is 16.6 Å². The minimum atomic E-state index is -4.25. The molecule has 1 aliphatic heterocycles. The molecule has 13 heteroatoms. The van der Waals surface area contributed by atoms with Crippen LogP contribution in [0.3, 0.4) is 0 Å². The van der Waals surface area contributed by atoms with Crippen molar-refractivity contribution in [2.75, 3.05) is 23.7 Å². The van der Waals surface area contributed by atoms with Gasteiger partial charge in [-0.1, -0.05) is 0 Å². The first-order valence-corrected chi connectivity index (χ1v) is 16.3. The van der Waals surface area contributed by atoms with Gasteiger partial charge in [-0.05, 0) is 74.8 Å². The lowest BCUT2D eigenvalue weighted by Crippen LogP contribution is -2.45. The molecule has 3 fully saturated rings. The second-order valence-electron chi connectivity index (χ2n) is 11.9. The van der Waals surface area contributed by atoms with Crippen molar-refractivity contribution in [1.29, 1.82) is 0 Å². The van der Waals surface area contributed by atoms with Crippen LogP contribution in [-0.4, -0.2) is 70.1 Å². The van der Waals surface area contributed by atoms with Gasteiger partial charge >= 0.3 is 6.55 Å². The minimum Gasteiger partial charge on any atom is -0.337 e. The first-order chi connectivity index (χ1) is 20.1. The largest absolute Gasteiger partial charge is 0.337 e. The number of carbonyl (C=O) groups excluding carboxylic acids is 1. The summed E-state index contributed by atoms with van der Waals surface area (Å²) in [6.07, 6.45) is 8.61. The molecular formula is C29H33F2N7O3S. The highest BCUT2D eigenvalue weighted by atomic mass is 32.2. The monoisotopic (exact) mass is 597 g/mol. The van der Waals surface area contributed by atoms with E-state index in [1.807, 2.05) is 38.3 Å². The fraction of sp³-hybridized carbons (Fsp3) is 0.483. The van der Waals surface area contributed by atoms with Gasteiger partial charge in [-0.25, -0.2) is 18.4 Å². The maximum absolute atomic E-state index is 13.8. The van der Waals surface area contributed by atoms with Crippen LogP contribution in [0, 0.1) is 5.92 Å². The number of imidazole rings is 1. The van der Waals surface area contributed by atoms with Crippen molar-refractivity contribution in [2.24, 2.45) is 11.7 Å². The van der Waals surface area contributed by atoms with Crippen molar-refractivity contribution in [3.8, 4) is 11.4 Å². The Labute approximate surface area is 242 Å². The van der Waals surface area contributed by atoms with Gasteiger partial charge in [0, 0.05) is 48.7 Å². The number of hydrogen-bond donors (Lipinski definition) is 1. The molecule has 1 saturated heterocycles. The van der Waals surface area contributed by atoms with Crippen LogP contribution in [0.15, 0.2) is 36.5 Å². The number of pyridine rings is 2. The molecule has 0 unspecified atom stereocenters. The quantitative estimate of drug-likeness (QED) is 0.304. The lowest BCUT2D eigenvalue weighted by atomic mass is 10.1. The summed E-state index contributed by atoms with van der Waals surface area (Å²) in [5, 5.41) is 0.716. The topological polar surface area (TPSA) is 119 Å². The average Bonchev–Trinajstić information content (AvgIpc) is 3.87. The second-order valence-corrected chi connectivity index (χ2v) is 13.8. The van der Waals surface area contributed by atoms with E-state index in [1.165, 1.54) is 6.07 Å². The molecule has 4 aromatic heterocycles. The summed E-state index contributed by atoms with van der Waals surface area (Å²) in [6, 6.07) is 8.56. The van der Waals surface area contributed by atoms with Gasteiger partial charge in [0.05, 0.1) is 17.6 Å². The maximum Gasteiger partial charge on any atom is 0.329 e. The van der Waals surface area contributed by atoms with Crippen LogP contribution >= 0.6 is 0 Å². The van der Waals surface area contributed by atoms with Crippen LogP contribution in [0.4, 0.5) is 14.6 Å². The van der Waals surface area contributed by atoms with E-state index in [1.54, 1.807) is 6.07 Å². The van der Waals surface area contributed by atoms with Gasteiger partial charge in [0.2, 0.25) is 10.0 Å². The third-order valence-corrected chi connectivity index (χ3v) is 9.55. The van der Waals surface area contributed by atoms with E-state index in [-0.39, 0.29) is 22.1 Å². The number of aromatic nitrogens is 4. The smallest absolute Gasteiger partial charge is 0.329 e. The Bertz CT molecular complexity index is 1810. The number of hydrogen-bond acceptors (Lipinski definition) is 6. The maximum atomic E-state index is 13.8. The summed E-state index contributed by atoms with van der Waals surface area (Å²) in [5.74, 6) is 0.360. The fourth-order valence-corrected chi connectivity index (χ4v) is 6.83. The highest BCUT2D eigenvalue weighted by Gasteiger charge is 2.34. The lowest BCUT2D eigenvalue weighted by Gasteiger charge is -2.30. The zero-order valence-corrected chi connectivity index (χ0v) is 24.1. The Balaban J connectivity index is 1.35. The van der Waals surface area contributed by atoms with Gasteiger partial charge in [-0.2, -0.15) is 13.1 Å². The van der Waals surface area contributed by atoms with Crippen molar-refractivity contribution in [3.05, 3.63) is 47.8 Å². The molecule has 4 aromatic rings. The van der Waals surface area contributed by atoms with Gasteiger partial charge in [-0.3, -0.25) is 4.79 Å². The molecule has 7 rings (SSSR count). The third kappa shape index (κ3) is 4.91. The van der Waals surface area contributed by atoms with Crippen LogP contribution in [0.5, 0.6) is 0 Å². The number of likely N-dealkylation sites (tertiary alicyclic amines) is 1. The molecule has 2 N–H and O–H groups in total. The molecule has 0 bridgehead atoms. The molecule has 0 aromatic carbocycles. The molecule has 5 heterocycles. The summed E-state index contributed by atoms with van der Waals surface area (Å²) < 4.78 is 56.1. The molecule has 42 heavy (non-hydrogen) atoms. The number of fused-ring (bicyclic) bond motifs is 2. The van der Waals surface area contributed by atoms with Crippen LogP contribution < -0.4 is 10.0 Å². The first kappa shape index (κ1) is 27.3. The summed E-state index contributed by atoms with van der Waals surface area (Å²) in [6.45, 7) is -1.41. The number of sulfonamides is 1.